The summed E-state index contributed by atoms with van der Waals surface area (Å²) in [6.45, 7) is 12.7. The lowest BCUT2D eigenvalue weighted by Crippen LogP contribution is -2.42. The number of thiazole rings is 1. The fourth-order valence-corrected chi connectivity index (χ4v) is 6.81. The Morgan fingerprint density at radius 2 is 1.80 bits per heavy atom. The number of ketones is 1. The van der Waals surface area contributed by atoms with Crippen LogP contribution in [0.3, 0.4) is 0 Å². The van der Waals surface area contributed by atoms with Crippen LogP contribution in [-0.4, -0.2) is 57.4 Å². The molecule has 1 aromatic carbocycles. The molecule has 0 N–H and O–H groups in total. The van der Waals surface area contributed by atoms with Gasteiger partial charge in [0.1, 0.15) is 6.54 Å². The molecular weight excluding hydrogens is 532 g/mol. The quantitative estimate of drug-likeness (QED) is 0.188. The summed E-state index contributed by atoms with van der Waals surface area (Å²) in [4.78, 5) is 39.3. The van der Waals surface area contributed by atoms with Gasteiger partial charge in [-0.15, -0.1) is 11.3 Å². The Labute approximate surface area is 246 Å². The standard InChI is InChI=1S/C33H40N4O3S/c1-6-9-23(7-2)26-19-29(30(38)8-3)37(20-31(39)36-14-16-40-17-15-36)32(26)25-11-12-27-24(18-25)10-13-28(35-27)33-21(4)34-22(5)41-33/h10-13,18-19,23H,6-9,14-17,20H2,1-5H3. The molecule has 0 spiro atoms. The van der Waals surface area contributed by atoms with Gasteiger partial charge in [-0.05, 0) is 68.0 Å². The number of aryl methyl sites for hydroxylation is 2. The van der Waals surface area contributed by atoms with E-state index in [1.54, 1.807) is 11.3 Å². The zero-order valence-electron chi connectivity index (χ0n) is 24.8. The molecule has 4 heterocycles. The van der Waals surface area contributed by atoms with Crippen LogP contribution >= 0.6 is 11.3 Å². The first-order valence-corrected chi connectivity index (χ1v) is 15.6. The van der Waals surface area contributed by atoms with Crippen LogP contribution in [0.2, 0.25) is 0 Å². The Bertz CT molecular complexity index is 1560. The van der Waals surface area contributed by atoms with Gasteiger partial charge >= 0.3 is 0 Å². The predicted molar refractivity (Wildman–Crippen MR) is 166 cm³/mol. The summed E-state index contributed by atoms with van der Waals surface area (Å²) in [5, 5.41) is 2.06. The molecule has 1 unspecified atom stereocenters. The number of Topliss-reactive ketones (excluding diaryl/α,β-unsaturated/α-hetero) is 1. The molecule has 8 heteroatoms. The van der Waals surface area contributed by atoms with Gasteiger partial charge in [-0.3, -0.25) is 9.59 Å². The summed E-state index contributed by atoms with van der Waals surface area (Å²) < 4.78 is 7.46. The van der Waals surface area contributed by atoms with Crippen LogP contribution in [0.5, 0.6) is 0 Å². The first-order chi connectivity index (χ1) is 19.8. The van der Waals surface area contributed by atoms with Gasteiger partial charge in [-0.2, -0.15) is 0 Å². The average Bonchev–Trinajstić information content (AvgIpc) is 3.53. The van der Waals surface area contributed by atoms with E-state index in [0.29, 0.717) is 44.3 Å². The maximum atomic E-state index is 13.5. The van der Waals surface area contributed by atoms with Crippen molar-refractivity contribution in [2.24, 2.45) is 0 Å². The molecule has 7 nitrogen and oxygen atoms in total. The predicted octanol–water partition coefficient (Wildman–Crippen LogP) is 7.19. The SMILES string of the molecule is CCCC(CC)c1cc(C(=O)CC)n(CC(=O)N2CCOCC2)c1-c1ccc2nc(-c3sc(C)nc3C)ccc2c1. The molecule has 216 valence electrons. The van der Waals surface area contributed by atoms with Gasteiger partial charge in [-0.25, -0.2) is 9.97 Å². The van der Waals surface area contributed by atoms with E-state index in [0.717, 1.165) is 68.3 Å². The molecule has 0 aliphatic carbocycles. The molecule has 3 aromatic heterocycles. The zero-order valence-corrected chi connectivity index (χ0v) is 25.6. The highest BCUT2D eigenvalue weighted by Crippen LogP contribution is 2.39. The Kier molecular flexibility index (Phi) is 9.00. The Hall–Kier alpha value is -3.36. The number of rotatable bonds is 10. The zero-order chi connectivity index (χ0) is 29.1. The van der Waals surface area contributed by atoms with Crippen LogP contribution < -0.4 is 0 Å². The van der Waals surface area contributed by atoms with Crippen LogP contribution in [0, 0.1) is 13.8 Å². The van der Waals surface area contributed by atoms with Crippen molar-refractivity contribution in [3.05, 3.63) is 58.4 Å². The molecule has 1 saturated heterocycles. The van der Waals surface area contributed by atoms with Crippen molar-refractivity contribution in [3.63, 3.8) is 0 Å². The molecule has 1 aliphatic heterocycles. The van der Waals surface area contributed by atoms with Crippen molar-refractivity contribution in [1.82, 2.24) is 19.4 Å². The van der Waals surface area contributed by atoms with Crippen molar-refractivity contribution in [2.45, 2.75) is 72.8 Å². The number of carbonyl (C=O) groups excluding carboxylic acids is 2. The fraction of sp³-hybridized carbons (Fsp3) is 0.455. The van der Waals surface area contributed by atoms with Crippen LogP contribution in [-0.2, 0) is 16.1 Å². The minimum Gasteiger partial charge on any atom is -0.378 e. The van der Waals surface area contributed by atoms with E-state index in [2.05, 4.69) is 55.2 Å². The smallest absolute Gasteiger partial charge is 0.242 e. The molecule has 0 radical (unpaired) electrons. The summed E-state index contributed by atoms with van der Waals surface area (Å²) in [6.07, 6.45) is 3.43. The highest BCUT2D eigenvalue weighted by Gasteiger charge is 2.27. The number of hydrogen-bond acceptors (Lipinski definition) is 6. The highest BCUT2D eigenvalue weighted by atomic mass is 32.1. The molecular formula is C33H40N4O3S. The van der Waals surface area contributed by atoms with E-state index in [9.17, 15) is 9.59 Å². The van der Waals surface area contributed by atoms with Crippen LogP contribution in [0.4, 0.5) is 0 Å². The number of ether oxygens (including phenoxy) is 1. The van der Waals surface area contributed by atoms with Gasteiger partial charge in [0.25, 0.3) is 0 Å². The number of hydrogen-bond donors (Lipinski definition) is 0. The molecule has 41 heavy (non-hydrogen) atoms. The third-order valence-corrected chi connectivity index (χ3v) is 9.15. The van der Waals surface area contributed by atoms with Crippen LogP contribution in [0.15, 0.2) is 36.4 Å². The van der Waals surface area contributed by atoms with Crippen molar-refractivity contribution in [3.8, 4) is 21.8 Å². The van der Waals surface area contributed by atoms with Crippen molar-refractivity contribution < 1.29 is 14.3 Å². The van der Waals surface area contributed by atoms with E-state index in [1.807, 2.05) is 30.2 Å². The van der Waals surface area contributed by atoms with Crippen LogP contribution in [0.25, 0.3) is 32.7 Å². The van der Waals surface area contributed by atoms with E-state index < -0.39 is 0 Å². The van der Waals surface area contributed by atoms with Crippen molar-refractivity contribution in [2.75, 3.05) is 26.3 Å². The summed E-state index contributed by atoms with van der Waals surface area (Å²) >= 11 is 1.66. The van der Waals surface area contributed by atoms with Gasteiger partial charge in [0.2, 0.25) is 5.91 Å². The third-order valence-electron chi connectivity index (χ3n) is 8.06. The van der Waals surface area contributed by atoms with Gasteiger partial charge in [0.15, 0.2) is 5.78 Å². The lowest BCUT2D eigenvalue weighted by molar-refractivity contribution is -0.135. The molecule has 1 atom stereocenters. The first-order valence-electron chi connectivity index (χ1n) is 14.8. The fourth-order valence-electron chi connectivity index (χ4n) is 5.92. The van der Waals surface area contributed by atoms with Gasteiger partial charge in [0.05, 0.1) is 51.4 Å². The number of carbonyl (C=O) groups is 2. The molecule has 1 fully saturated rings. The van der Waals surface area contributed by atoms with E-state index in [1.165, 1.54) is 0 Å². The lowest BCUT2D eigenvalue weighted by Gasteiger charge is -2.28. The molecule has 5 rings (SSSR count). The highest BCUT2D eigenvalue weighted by molar-refractivity contribution is 7.15. The Morgan fingerprint density at radius 1 is 1.02 bits per heavy atom. The van der Waals surface area contributed by atoms with Crippen molar-refractivity contribution in [1.29, 1.82) is 0 Å². The molecule has 0 bridgehead atoms. The third kappa shape index (κ3) is 5.99. The summed E-state index contributed by atoms with van der Waals surface area (Å²) in [5.41, 5.74) is 6.59. The van der Waals surface area contributed by atoms with Gasteiger partial charge in [-0.1, -0.05) is 39.3 Å². The van der Waals surface area contributed by atoms with E-state index in [-0.39, 0.29) is 18.2 Å². The maximum absolute atomic E-state index is 13.5. The van der Waals surface area contributed by atoms with E-state index >= 15 is 0 Å². The number of aromatic nitrogens is 3. The second kappa shape index (κ2) is 12.7. The number of benzene rings is 1. The average molecular weight is 573 g/mol. The molecule has 1 amide bonds. The largest absolute Gasteiger partial charge is 0.378 e. The lowest BCUT2D eigenvalue weighted by atomic mass is 9.89. The van der Waals surface area contributed by atoms with Gasteiger partial charge in [0, 0.05) is 24.9 Å². The first kappa shape index (κ1) is 29.1. The molecule has 4 aromatic rings. The summed E-state index contributed by atoms with van der Waals surface area (Å²) in [7, 11) is 0. The number of nitrogens with zero attached hydrogens (tertiary/aromatic N) is 4. The van der Waals surface area contributed by atoms with Crippen LogP contribution in [0.1, 0.15) is 79.1 Å². The minimum atomic E-state index is 0.0210. The Morgan fingerprint density at radius 3 is 2.46 bits per heavy atom. The van der Waals surface area contributed by atoms with Gasteiger partial charge < -0.3 is 14.2 Å². The second-order valence-corrected chi connectivity index (χ2v) is 12.0. The molecule has 0 saturated carbocycles. The number of pyridine rings is 1. The number of fused-ring (bicyclic) bond motifs is 1. The van der Waals surface area contributed by atoms with Crippen molar-refractivity contribution >= 4 is 33.9 Å². The van der Waals surface area contributed by atoms with E-state index in [4.69, 9.17) is 9.72 Å². The normalized spacial score (nSPS) is 14.5. The monoisotopic (exact) mass is 572 g/mol. The minimum absolute atomic E-state index is 0.0210. The second-order valence-electron chi connectivity index (χ2n) is 10.8. The maximum Gasteiger partial charge on any atom is 0.242 e. The number of morpholine rings is 1. The summed E-state index contributed by atoms with van der Waals surface area (Å²) in [5.74, 6) is 0.376. The Balaban J connectivity index is 1.64. The topological polar surface area (TPSA) is 77.3 Å². The number of amides is 1. The molecule has 1 aliphatic rings. The summed E-state index contributed by atoms with van der Waals surface area (Å²) in [6, 6.07) is 12.6.